The molecule has 1 aliphatic heterocycles. The third-order valence-electron chi connectivity index (χ3n) is 5.27. The maximum absolute atomic E-state index is 13.8. The number of para-hydroxylation sites is 1. The largest absolute Gasteiger partial charge is 0.350 e. The van der Waals surface area contributed by atoms with Gasteiger partial charge in [-0.1, -0.05) is 18.2 Å². The highest BCUT2D eigenvalue weighted by atomic mass is 19.1. The zero-order valence-corrected chi connectivity index (χ0v) is 16.4. The molecule has 0 bridgehead atoms. The van der Waals surface area contributed by atoms with Gasteiger partial charge in [0.25, 0.3) is 5.56 Å². The second-order valence-electron chi connectivity index (χ2n) is 7.38. The minimum absolute atomic E-state index is 0.0975. The summed E-state index contributed by atoms with van der Waals surface area (Å²) in [7, 11) is 0. The van der Waals surface area contributed by atoms with E-state index in [2.05, 4.69) is 10.3 Å². The number of anilines is 1. The Morgan fingerprint density at radius 2 is 1.83 bits per heavy atom. The summed E-state index contributed by atoms with van der Waals surface area (Å²) in [4.78, 5) is 32.4. The standard InChI is InChI=1S/C22H22F2N4O2/c23-16-9-8-15(18(24)12-16)13-25-20(29)14-28-21(30)17-6-2-3-7-19(17)26-22(28)27-10-4-1-5-11-27/h2-3,6-9,12H,1,4-5,10-11,13-14H2,(H,25,29). The molecule has 4 rings (SSSR count). The molecule has 0 atom stereocenters. The minimum atomic E-state index is -0.728. The molecule has 1 aliphatic rings. The van der Waals surface area contributed by atoms with E-state index >= 15 is 0 Å². The van der Waals surface area contributed by atoms with Crippen LogP contribution in [0.1, 0.15) is 24.8 Å². The van der Waals surface area contributed by atoms with Gasteiger partial charge >= 0.3 is 0 Å². The van der Waals surface area contributed by atoms with E-state index in [1.165, 1.54) is 10.6 Å². The second kappa shape index (κ2) is 8.61. The van der Waals surface area contributed by atoms with Crippen molar-refractivity contribution in [2.45, 2.75) is 32.4 Å². The zero-order chi connectivity index (χ0) is 21.1. The third kappa shape index (κ3) is 4.17. The molecule has 0 spiro atoms. The monoisotopic (exact) mass is 412 g/mol. The van der Waals surface area contributed by atoms with E-state index in [0.717, 1.165) is 44.5 Å². The zero-order valence-electron chi connectivity index (χ0n) is 16.4. The Balaban J connectivity index is 1.60. The van der Waals surface area contributed by atoms with Gasteiger partial charge in [0.05, 0.1) is 10.9 Å². The molecule has 2 aromatic carbocycles. The minimum Gasteiger partial charge on any atom is -0.350 e. The predicted octanol–water partition coefficient (Wildman–Crippen LogP) is 2.98. The van der Waals surface area contributed by atoms with Crippen molar-refractivity contribution >= 4 is 22.8 Å². The van der Waals surface area contributed by atoms with Crippen LogP contribution in [0.25, 0.3) is 10.9 Å². The van der Waals surface area contributed by atoms with Crippen molar-refractivity contribution in [1.29, 1.82) is 0 Å². The number of fused-ring (bicyclic) bond motifs is 1. The van der Waals surface area contributed by atoms with Gasteiger partial charge in [0.1, 0.15) is 18.2 Å². The molecule has 1 amide bonds. The molecule has 1 N–H and O–H groups in total. The van der Waals surface area contributed by atoms with Crippen molar-refractivity contribution in [3.8, 4) is 0 Å². The van der Waals surface area contributed by atoms with E-state index in [0.29, 0.717) is 16.9 Å². The van der Waals surface area contributed by atoms with Crippen LogP contribution in [-0.4, -0.2) is 28.5 Å². The van der Waals surface area contributed by atoms with E-state index < -0.39 is 17.5 Å². The molecule has 0 aliphatic carbocycles. The molecule has 0 saturated carbocycles. The smallest absolute Gasteiger partial charge is 0.263 e. The maximum atomic E-state index is 13.8. The van der Waals surface area contributed by atoms with Gasteiger partial charge in [-0.15, -0.1) is 0 Å². The fraction of sp³-hybridized carbons (Fsp3) is 0.318. The molecule has 6 nitrogen and oxygen atoms in total. The number of carbonyl (C=O) groups excluding carboxylic acids is 1. The lowest BCUT2D eigenvalue weighted by Crippen LogP contribution is -2.39. The molecule has 30 heavy (non-hydrogen) atoms. The Kier molecular flexibility index (Phi) is 5.74. The van der Waals surface area contributed by atoms with Gasteiger partial charge in [0.15, 0.2) is 0 Å². The number of hydrogen-bond acceptors (Lipinski definition) is 4. The number of piperidine rings is 1. The molecule has 1 fully saturated rings. The summed E-state index contributed by atoms with van der Waals surface area (Å²) in [5.74, 6) is -1.38. The Morgan fingerprint density at radius 1 is 1.07 bits per heavy atom. The first kappa shape index (κ1) is 20.0. The Morgan fingerprint density at radius 3 is 2.60 bits per heavy atom. The molecule has 0 radical (unpaired) electrons. The van der Waals surface area contributed by atoms with E-state index in [1.807, 2.05) is 11.0 Å². The predicted molar refractivity (Wildman–Crippen MR) is 110 cm³/mol. The fourth-order valence-electron chi connectivity index (χ4n) is 3.69. The van der Waals surface area contributed by atoms with Crippen molar-refractivity contribution in [3.63, 3.8) is 0 Å². The molecular formula is C22H22F2N4O2. The summed E-state index contributed by atoms with van der Waals surface area (Å²) in [6.07, 6.45) is 3.12. The van der Waals surface area contributed by atoms with Crippen LogP contribution in [-0.2, 0) is 17.9 Å². The van der Waals surface area contributed by atoms with E-state index in [-0.39, 0.29) is 24.2 Å². The Labute approximate surface area is 172 Å². The normalized spacial score (nSPS) is 14.1. The average molecular weight is 412 g/mol. The highest BCUT2D eigenvalue weighted by Crippen LogP contribution is 2.19. The quantitative estimate of drug-likeness (QED) is 0.700. The topological polar surface area (TPSA) is 67.2 Å². The van der Waals surface area contributed by atoms with Gasteiger partial charge in [-0.25, -0.2) is 13.8 Å². The van der Waals surface area contributed by atoms with Crippen molar-refractivity contribution < 1.29 is 13.6 Å². The Bertz CT molecular complexity index is 1140. The van der Waals surface area contributed by atoms with E-state index in [9.17, 15) is 18.4 Å². The first-order valence-electron chi connectivity index (χ1n) is 9.98. The summed E-state index contributed by atoms with van der Waals surface area (Å²) in [6.45, 7) is 1.21. The highest BCUT2D eigenvalue weighted by molar-refractivity contribution is 5.80. The summed E-state index contributed by atoms with van der Waals surface area (Å²) >= 11 is 0. The molecule has 0 unspecified atom stereocenters. The lowest BCUT2D eigenvalue weighted by molar-refractivity contribution is -0.121. The molecule has 1 saturated heterocycles. The number of benzene rings is 2. The average Bonchev–Trinajstić information content (AvgIpc) is 2.75. The molecule has 8 heteroatoms. The fourth-order valence-corrected chi connectivity index (χ4v) is 3.69. The number of aromatic nitrogens is 2. The second-order valence-corrected chi connectivity index (χ2v) is 7.38. The number of nitrogens with one attached hydrogen (secondary N) is 1. The van der Waals surface area contributed by atoms with Gasteiger partial charge in [-0.05, 0) is 37.5 Å². The van der Waals surface area contributed by atoms with Crippen LogP contribution in [0.3, 0.4) is 0 Å². The Hall–Kier alpha value is -3.29. The first-order valence-corrected chi connectivity index (χ1v) is 9.98. The van der Waals surface area contributed by atoms with Crippen LogP contribution in [0.2, 0.25) is 0 Å². The lowest BCUT2D eigenvalue weighted by Gasteiger charge is -2.29. The third-order valence-corrected chi connectivity index (χ3v) is 5.27. The van der Waals surface area contributed by atoms with Crippen LogP contribution in [0.5, 0.6) is 0 Å². The summed E-state index contributed by atoms with van der Waals surface area (Å²) in [6, 6.07) is 10.2. The number of halogens is 2. The number of nitrogens with zero attached hydrogens (tertiary/aromatic N) is 3. The molecule has 3 aromatic rings. The van der Waals surface area contributed by atoms with E-state index in [4.69, 9.17) is 0 Å². The number of rotatable bonds is 5. The molecular weight excluding hydrogens is 390 g/mol. The van der Waals surface area contributed by atoms with Crippen LogP contribution < -0.4 is 15.8 Å². The van der Waals surface area contributed by atoms with Crippen molar-refractivity contribution in [1.82, 2.24) is 14.9 Å². The van der Waals surface area contributed by atoms with Crippen LogP contribution >= 0.6 is 0 Å². The first-order chi connectivity index (χ1) is 14.5. The lowest BCUT2D eigenvalue weighted by atomic mass is 10.1. The van der Waals surface area contributed by atoms with Crippen LogP contribution in [0, 0.1) is 11.6 Å². The van der Waals surface area contributed by atoms with Gasteiger partial charge in [-0.2, -0.15) is 0 Å². The number of amides is 1. The summed E-state index contributed by atoms with van der Waals surface area (Å²) in [5, 5.41) is 3.05. The van der Waals surface area contributed by atoms with Crippen LogP contribution in [0.4, 0.5) is 14.7 Å². The van der Waals surface area contributed by atoms with Gasteiger partial charge < -0.3 is 10.2 Å². The van der Waals surface area contributed by atoms with Crippen molar-refractivity contribution in [2.75, 3.05) is 18.0 Å². The van der Waals surface area contributed by atoms with Gasteiger partial charge in [0.2, 0.25) is 11.9 Å². The van der Waals surface area contributed by atoms with E-state index in [1.54, 1.807) is 18.2 Å². The number of carbonyl (C=O) groups is 1. The van der Waals surface area contributed by atoms with Gasteiger partial charge in [-0.3, -0.25) is 14.2 Å². The molecule has 2 heterocycles. The van der Waals surface area contributed by atoms with Crippen molar-refractivity contribution in [2.24, 2.45) is 0 Å². The molecule has 1 aromatic heterocycles. The van der Waals surface area contributed by atoms with Gasteiger partial charge in [0, 0.05) is 31.3 Å². The SMILES string of the molecule is O=C(Cn1c(N2CCCCC2)nc2ccccc2c1=O)NCc1ccc(F)cc1F. The summed E-state index contributed by atoms with van der Waals surface area (Å²) in [5.41, 5.74) is 0.474. The summed E-state index contributed by atoms with van der Waals surface area (Å²) < 4.78 is 28.2. The van der Waals surface area contributed by atoms with Crippen molar-refractivity contribution in [3.05, 3.63) is 70.0 Å². The highest BCUT2D eigenvalue weighted by Gasteiger charge is 2.20. The van der Waals surface area contributed by atoms with Crippen LogP contribution in [0.15, 0.2) is 47.3 Å². The molecule has 156 valence electrons. The number of hydrogen-bond donors (Lipinski definition) is 1. The maximum Gasteiger partial charge on any atom is 0.263 e.